The minimum absolute atomic E-state index is 0.0180. The maximum atomic E-state index is 12.5. The summed E-state index contributed by atoms with van der Waals surface area (Å²) in [4.78, 5) is 54.2. The van der Waals surface area contributed by atoms with Gasteiger partial charge in [0.2, 0.25) is 11.8 Å². The van der Waals surface area contributed by atoms with E-state index in [4.69, 9.17) is 0 Å². The van der Waals surface area contributed by atoms with Crippen LogP contribution in [0.2, 0.25) is 0 Å². The van der Waals surface area contributed by atoms with Gasteiger partial charge in [-0.2, -0.15) is 0 Å². The van der Waals surface area contributed by atoms with Gasteiger partial charge in [-0.15, -0.1) is 0 Å². The fourth-order valence-electron chi connectivity index (χ4n) is 5.94. The zero-order chi connectivity index (χ0) is 35.5. The fourth-order valence-corrected chi connectivity index (χ4v) is 5.94. The first kappa shape index (κ1) is 35.9. The largest absolute Gasteiger partial charge is 0.453 e. The third-order valence-corrected chi connectivity index (χ3v) is 8.68. The van der Waals surface area contributed by atoms with E-state index in [0.29, 0.717) is 25.8 Å². The van der Waals surface area contributed by atoms with E-state index in [-0.39, 0.29) is 11.9 Å². The molecule has 0 saturated carbocycles. The minimum Gasteiger partial charge on any atom is -0.453 e. The van der Waals surface area contributed by atoms with Crippen LogP contribution in [0.5, 0.6) is 0 Å². The van der Waals surface area contributed by atoms with Gasteiger partial charge in [0.25, 0.3) is 0 Å². The molecule has 1 aliphatic heterocycles. The van der Waals surface area contributed by atoms with Gasteiger partial charge in [-0.1, -0.05) is 43.0 Å². The van der Waals surface area contributed by atoms with E-state index >= 15 is 0 Å². The third kappa shape index (κ3) is 9.39. The van der Waals surface area contributed by atoms with Crippen LogP contribution in [0.1, 0.15) is 81.2 Å². The summed E-state index contributed by atoms with van der Waals surface area (Å²) >= 11 is 0. The Hall–Kier alpha value is -5.41. The second-order valence-corrected chi connectivity index (χ2v) is 12.4. The van der Waals surface area contributed by atoms with Crippen molar-refractivity contribution in [2.75, 3.05) is 20.2 Å². The van der Waals surface area contributed by atoms with Crippen LogP contribution in [0.3, 0.4) is 0 Å². The van der Waals surface area contributed by atoms with Crippen molar-refractivity contribution in [1.29, 1.82) is 0 Å². The van der Waals surface area contributed by atoms with E-state index in [1.807, 2.05) is 72.7 Å². The Kier molecular flexibility index (Phi) is 12.4. The lowest BCUT2D eigenvalue weighted by Crippen LogP contribution is -2.52. The number of alkyl carbamates (subject to hydrolysis) is 1. The number of aromatic nitrogens is 4. The summed E-state index contributed by atoms with van der Waals surface area (Å²) in [5.74, 6) is 7.91. The lowest BCUT2D eigenvalue weighted by atomic mass is 10.1. The molecule has 2 aromatic heterocycles. The van der Waals surface area contributed by atoms with Crippen molar-refractivity contribution in [3.63, 3.8) is 0 Å². The monoisotopic (exact) mass is 679 g/mol. The number of ether oxygens (including phenoxy) is 1. The molecule has 4 aromatic rings. The smallest absolute Gasteiger partial charge is 0.407 e. The summed E-state index contributed by atoms with van der Waals surface area (Å²) in [5, 5.41) is 14.9. The highest BCUT2D eigenvalue weighted by Crippen LogP contribution is 2.32. The van der Waals surface area contributed by atoms with E-state index in [1.54, 1.807) is 0 Å². The number of methoxy groups -OCH3 is 1. The SMILES string of the molecule is CCCC(=O)N1CCCC1c1ncc(-c2ccc(C#Cc3ccc(-c4cnc(CCCCNC(=O)C(NC(=O)OC)C(C)O)[nH]4)cc3)cc2)[nH]1. The van der Waals surface area contributed by atoms with Gasteiger partial charge in [0.15, 0.2) is 0 Å². The van der Waals surface area contributed by atoms with Crippen molar-refractivity contribution in [2.45, 2.75) is 77.0 Å². The van der Waals surface area contributed by atoms with Gasteiger partial charge in [-0.3, -0.25) is 9.59 Å². The molecule has 1 fully saturated rings. The Balaban J connectivity index is 1.09. The number of carbonyl (C=O) groups excluding carboxylic acids is 3. The number of H-pyrrole nitrogens is 2. The number of unbranched alkanes of at least 4 members (excludes halogenated alkanes) is 1. The minimum atomic E-state index is -1.08. The number of imidazole rings is 2. The summed E-state index contributed by atoms with van der Waals surface area (Å²) in [6.45, 7) is 4.65. The van der Waals surface area contributed by atoms with Crippen LogP contribution >= 0.6 is 0 Å². The number of nitrogens with zero attached hydrogens (tertiary/aromatic N) is 3. The molecule has 1 aliphatic rings. The number of aryl methyl sites for hydroxylation is 1. The predicted molar refractivity (Wildman–Crippen MR) is 190 cm³/mol. The molecule has 50 heavy (non-hydrogen) atoms. The second kappa shape index (κ2) is 17.3. The van der Waals surface area contributed by atoms with Crippen LogP contribution in [0.15, 0.2) is 60.9 Å². The van der Waals surface area contributed by atoms with Gasteiger partial charge in [-0.05, 0) is 74.4 Å². The Morgan fingerprint density at radius 1 is 0.980 bits per heavy atom. The van der Waals surface area contributed by atoms with Gasteiger partial charge in [0, 0.05) is 37.1 Å². The van der Waals surface area contributed by atoms with Crippen LogP contribution in [0.25, 0.3) is 22.5 Å². The van der Waals surface area contributed by atoms with Crippen molar-refractivity contribution >= 4 is 17.9 Å². The number of hydrogen-bond donors (Lipinski definition) is 5. The molecule has 3 atom stereocenters. The summed E-state index contributed by atoms with van der Waals surface area (Å²) in [7, 11) is 1.20. The Labute approximate surface area is 292 Å². The summed E-state index contributed by atoms with van der Waals surface area (Å²) in [6.07, 6.45) is 7.36. The molecule has 0 spiro atoms. The average Bonchev–Trinajstić information content (AvgIpc) is 3.91. The quantitative estimate of drug-likeness (QED) is 0.0993. The zero-order valence-corrected chi connectivity index (χ0v) is 28.8. The third-order valence-electron chi connectivity index (χ3n) is 8.68. The highest BCUT2D eigenvalue weighted by Gasteiger charge is 2.31. The first-order valence-electron chi connectivity index (χ1n) is 17.2. The number of hydrogen-bond acceptors (Lipinski definition) is 7. The molecule has 12 nitrogen and oxygen atoms in total. The molecular formula is C38H45N7O5. The fraction of sp³-hybridized carbons (Fsp3) is 0.395. The Morgan fingerprint density at radius 2 is 1.62 bits per heavy atom. The van der Waals surface area contributed by atoms with Gasteiger partial charge < -0.3 is 35.3 Å². The maximum Gasteiger partial charge on any atom is 0.407 e. The summed E-state index contributed by atoms with van der Waals surface area (Å²) in [6, 6.07) is 15.0. The van der Waals surface area contributed by atoms with Crippen LogP contribution < -0.4 is 10.6 Å². The summed E-state index contributed by atoms with van der Waals surface area (Å²) < 4.78 is 4.51. The molecule has 3 amide bonds. The number of aromatic amines is 2. The normalized spacial score (nSPS) is 15.1. The van der Waals surface area contributed by atoms with Gasteiger partial charge in [-0.25, -0.2) is 14.8 Å². The van der Waals surface area contributed by atoms with E-state index in [2.05, 4.69) is 47.1 Å². The topological polar surface area (TPSA) is 165 Å². The van der Waals surface area contributed by atoms with Crippen molar-refractivity contribution < 1.29 is 24.2 Å². The number of nitrogens with one attached hydrogen (secondary N) is 4. The first-order chi connectivity index (χ1) is 24.2. The molecule has 1 saturated heterocycles. The highest BCUT2D eigenvalue weighted by atomic mass is 16.5. The number of rotatable bonds is 13. The first-order valence-corrected chi connectivity index (χ1v) is 17.2. The Morgan fingerprint density at radius 3 is 2.24 bits per heavy atom. The lowest BCUT2D eigenvalue weighted by molar-refractivity contribution is -0.132. The van der Waals surface area contributed by atoms with Crippen LogP contribution in [0.4, 0.5) is 4.79 Å². The second-order valence-electron chi connectivity index (χ2n) is 12.4. The van der Waals surface area contributed by atoms with Crippen molar-refractivity contribution in [2.24, 2.45) is 0 Å². The molecule has 3 heterocycles. The molecule has 5 rings (SSSR count). The van der Waals surface area contributed by atoms with Crippen molar-refractivity contribution in [1.82, 2.24) is 35.5 Å². The molecule has 3 unspecified atom stereocenters. The van der Waals surface area contributed by atoms with E-state index < -0.39 is 24.1 Å². The number of amides is 3. The zero-order valence-electron chi connectivity index (χ0n) is 28.8. The molecule has 5 N–H and O–H groups in total. The van der Waals surface area contributed by atoms with Gasteiger partial charge >= 0.3 is 6.09 Å². The summed E-state index contributed by atoms with van der Waals surface area (Å²) in [5.41, 5.74) is 5.66. The molecule has 262 valence electrons. The molecule has 2 aromatic carbocycles. The highest BCUT2D eigenvalue weighted by molar-refractivity contribution is 5.86. The van der Waals surface area contributed by atoms with Crippen molar-refractivity contribution in [3.8, 4) is 34.4 Å². The number of aliphatic hydroxyl groups is 1. The Bertz CT molecular complexity index is 1800. The number of benzene rings is 2. The number of aliphatic hydroxyl groups excluding tert-OH is 1. The predicted octanol–water partition coefficient (Wildman–Crippen LogP) is 4.87. The standard InChI is InChI=1S/C38H45N7O5/c1-4-8-34(47)45-22-7-9-32(45)36-41-24-31(43-36)29-19-15-27(16-20-29)12-11-26-13-17-28(18-14-26)30-23-40-33(42-30)10-5-6-21-39-37(48)35(25(2)46)44-38(49)50-3/h13-20,23-25,32,35,46H,4-10,21-22H2,1-3H3,(H,39,48)(H,40,42)(H,41,43)(H,44,49). The van der Waals surface area contributed by atoms with E-state index in [9.17, 15) is 19.5 Å². The maximum absolute atomic E-state index is 12.5. The molecule has 12 heteroatoms. The van der Waals surface area contributed by atoms with Crippen LogP contribution in [-0.2, 0) is 20.7 Å². The van der Waals surface area contributed by atoms with Crippen LogP contribution in [-0.4, -0.2) is 80.2 Å². The van der Waals surface area contributed by atoms with Crippen LogP contribution in [0, 0.1) is 11.8 Å². The van der Waals surface area contributed by atoms with E-state index in [1.165, 1.54) is 14.0 Å². The van der Waals surface area contributed by atoms with Gasteiger partial charge in [0.05, 0.1) is 43.0 Å². The lowest BCUT2D eigenvalue weighted by Gasteiger charge is -2.23. The van der Waals surface area contributed by atoms with E-state index in [0.717, 1.165) is 77.5 Å². The number of carbonyl (C=O) groups is 3. The van der Waals surface area contributed by atoms with Gasteiger partial charge in [0.1, 0.15) is 17.7 Å². The molecule has 0 bridgehead atoms. The number of likely N-dealkylation sites (tertiary alicyclic amines) is 1. The molecular weight excluding hydrogens is 634 g/mol. The molecule has 0 radical (unpaired) electrons. The average molecular weight is 680 g/mol. The van der Waals surface area contributed by atoms with Crippen molar-refractivity contribution in [3.05, 3.63) is 83.7 Å². The molecule has 0 aliphatic carbocycles.